The third-order valence-corrected chi connectivity index (χ3v) is 2.82. The zero-order valence-electron chi connectivity index (χ0n) is 8.23. The molecular weight excluding hydrogens is 180 g/mol. The van der Waals surface area contributed by atoms with Crippen molar-refractivity contribution in [3.63, 3.8) is 0 Å². The molecule has 2 rings (SSSR count). The minimum atomic E-state index is -0.816. The standard InChI is InChI=1S/C10H14N2O2/c1-12-9(7-3-2-4-7)5-8(11-12)6-10(13)14/h5,7H,2-4,6H2,1H3,(H,13,14). The van der Waals surface area contributed by atoms with Crippen molar-refractivity contribution >= 4 is 5.97 Å². The molecule has 4 nitrogen and oxygen atoms in total. The number of hydrogen-bond donors (Lipinski definition) is 1. The van der Waals surface area contributed by atoms with E-state index >= 15 is 0 Å². The van der Waals surface area contributed by atoms with Crippen molar-refractivity contribution in [2.24, 2.45) is 7.05 Å². The number of hydrogen-bond acceptors (Lipinski definition) is 2. The van der Waals surface area contributed by atoms with Crippen molar-refractivity contribution in [3.8, 4) is 0 Å². The van der Waals surface area contributed by atoms with Crippen LogP contribution in [0, 0.1) is 0 Å². The first-order valence-corrected chi connectivity index (χ1v) is 4.91. The molecule has 4 heteroatoms. The number of rotatable bonds is 3. The Morgan fingerprint density at radius 3 is 2.93 bits per heavy atom. The van der Waals surface area contributed by atoms with Gasteiger partial charge in [0.15, 0.2) is 0 Å². The lowest BCUT2D eigenvalue weighted by Gasteiger charge is -2.25. The largest absolute Gasteiger partial charge is 0.481 e. The number of aromatic nitrogens is 2. The predicted molar refractivity (Wildman–Crippen MR) is 51.1 cm³/mol. The zero-order valence-corrected chi connectivity index (χ0v) is 8.23. The van der Waals surface area contributed by atoms with Crippen LogP contribution in [0.1, 0.15) is 36.6 Å². The molecule has 1 N–H and O–H groups in total. The molecule has 0 radical (unpaired) electrons. The summed E-state index contributed by atoms with van der Waals surface area (Å²) in [5.74, 6) is -0.210. The summed E-state index contributed by atoms with van der Waals surface area (Å²) in [4.78, 5) is 10.5. The summed E-state index contributed by atoms with van der Waals surface area (Å²) in [6.45, 7) is 0. The maximum atomic E-state index is 10.5. The van der Waals surface area contributed by atoms with E-state index in [9.17, 15) is 4.79 Å². The summed E-state index contributed by atoms with van der Waals surface area (Å²) >= 11 is 0. The van der Waals surface area contributed by atoms with Crippen LogP contribution in [-0.2, 0) is 18.3 Å². The average Bonchev–Trinajstić information content (AvgIpc) is 2.27. The molecule has 1 aromatic rings. The molecule has 0 atom stereocenters. The van der Waals surface area contributed by atoms with E-state index in [1.54, 1.807) is 0 Å². The summed E-state index contributed by atoms with van der Waals surface area (Å²) in [6, 6.07) is 1.93. The van der Waals surface area contributed by atoms with E-state index in [2.05, 4.69) is 5.10 Å². The van der Waals surface area contributed by atoms with Gasteiger partial charge < -0.3 is 5.11 Å². The first kappa shape index (κ1) is 9.24. The van der Waals surface area contributed by atoms with Crippen molar-refractivity contribution < 1.29 is 9.90 Å². The maximum absolute atomic E-state index is 10.5. The second-order valence-corrected chi connectivity index (χ2v) is 3.88. The molecule has 0 saturated heterocycles. The topological polar surface area (TPSA) is 55.1 Å². The van der Waals surface area contributed by atoms with Crippen molar-refractivity contribution in [1.82, 2.24) is 9.78 Å². The monoisotopic (exact) mass is 194 g/mol. The molecule has 0 amide bonds. The fourth-order valence-electron chi connectivity index (χ4n) is 1.87. The molecule has 1 aliphatic rings. The van der Waals surface area contributed by atoms with E-state index in [0.717, 1.165) is 0 Å². The molecule has 0 unspecified atom stereocenters. The van der Waals surface area contributed by atoms with Crippen LogP contribution in [0.15, 0.2) is 6.07 Å². The van der Waals surface area contributed by atoms with Gasteiger partial charge in [-0.1, -0.05) is 6.42 Å². The molecule has 1 saturated carbocycles. The van der Waals surface area contributed by atoms with Crippen LogP contribution in [-0.4, -0.2) is 20.9 Å². The highest BCUT2D eigenvalue weighted by molar-refractivity contribution is 5.69. The smallest absolute Gasteiger partial charge is 0.309 e. The predicted octanol–water partition coefficient (Wildman–Crippen LogP) is 1.31. The molecule has 0 aromatic carbocycles. The number of carbonyl (C=O) groups is 1. The molecule has 14 heavy (non-hydrogen) atoms. The van der Waals surface area contributed by atoms with Gasteiger partial charge in [0.05, 0.1) is 12.1 Å². The van der Waals surface area contributed by atoms with E-state index in [-0.39, 0.29) is 6.42 Å². The van der Waals surface area contributed by atoms with Crippen LogP contribution < -0.4 is 0 Å². The summed E-state index contributed by atoms with van der Waals surface area (Å²) in [6.07, 6.45) is 3.74. The Kier molecular flexibility index (Phi) is 2.27. The zero-order chi connectivity index (χ0) is 10.1. The maximum Gasteiger partial charge on any atom is 0.309 e. The Labute approximate surface area is 82.5 Å². The van der Waals surface area contributed by atoms with Crippen LogP contribution in [0.25, 0.3) is 0 Å². The van der Waals surface area contributed by atoms with Gasteiger partial charge in [0, 0.05) is 18.7 Å². The second kappa shape index (κ2) is 3.44. The normalized spacial score (nSPS) is 16.6. The van der Waals surface area contributed by atoms with Crippen molar-refractivity contribution in [3.05, 3.63) is 17.5 Å². The van der Waals surface area contributed by atoms with Gasteiger partial charge in [-0.2, -0.15) is 5.10 Å². The molecule has 0 aliphatic heterocycles. The first-order valence-electron chi connectivity index (χ1n) is 4.91. The van der Waals surface area contributed by atoms with Gasteiger partial charge in [-0.3, -0.25) is 9.48 Å². The lowest BCUT2D eigenvalue weighted by Crippen LogP contribution is -2.12. The number of aryl methyl sites for hydroxylation is 1. The van der Waals surface area contributed by atoms with Crippen molar-refractivity contribution in [2.45, 2.75) is 31.6 Å². The van der Waals surface area contributed by atoms with Gasteiger partial charge in [0.1, 0.15) is 0 Å². The second-order valence-electron chi connectivity index (χ2n) is 3.88. The molecule has 0 spiro atoms. The minimum Gasteiger partial charge on any atom is -0.481 e. The molecule has 1 heterocycles. The van der Waals surface area contributed by atoms with Crippen LogP contribution in [0.5, 0.6) is 0 Å². The van der Waals surface area contributed by atoms with E-state index < -0.39 is 5.97 Å². The lowest BCUT2D eigenvalue weighted by molar-refractivity contribution is -0.136. The number of aliphatic carboxylic acids is 1. The van der Waals surface area contributed by atoms with Crippen LogP contribution >= 0.6 is 0 Å². The van der Waals surface area contributed by atoms with Gasteiger partial charge in [-0.05, 0) is 18.9 Å². The Morgan fingerprint density at radius 2 is 2.43 bits per heavy atom. The third kappa shape index (κ3) is 1.64. The van der Waals surface area contributed by atoms with Crippen molar-refractivity contribution in [2.75, 3.05) is 0 Å². The van der Waals surface area contributed by atoms with Crippen LogP contribution in [0.2, 0.25) is 0 Å². The summed E-state index contributed by atoms with van der Waals surface area (Å²) < 4.78 is 1.82. The minimum absolute atomic E-state index is 0.0283. The Bertz CT molecular complexity index is 353. The van der Waals surface area contributed by atoms with E-state index in [1.807, 2.05) is 17.8 Å². The number of nitrogens with zero attached hydrogens (tertiary/aromatic N) is 2. The van der Waals surface area contributed by atoms with Gasteiger partial charge in [-0.15, -0.1) is 0 Å². The van der Waals surface area contributed by atoms with Gasteiger partial charge in [0.2, 0.25) is 0 Å². The molecule has 0 bridgehead atoms. The quantitative estimate of drug-likeness (QED) is 0.789. The van der Waals surface area contributed by atoms with Crippen LogP contribution in [0.3, 0.4) is 0 Å². The first-order chi connectivity index (χ1) is 6.66. The highest BCUT2D eigenvalue weighted by Gasteiger charge is 2.23. The average molecular weight is 194 g/mol. The third-order valence-electron chi connectivity index (χ3n) is 2.82. The van der Waals surface area contributed by atoms with Crippen molar-refractivity contribution in [1.29, 1.82) is 0 Å². The molecule has 1 fully saturated rings. The fourth-order valence-corrected chi connectivity index (χ4v) is 1.87. The van der Waals surface area contributed by atoms with Gasteiger partial charge in [-0.25, -0.2) is 0 Å². The van der Waals surface area contributed by atoms with Gasteiger partial charge >= 0.3 is 5.97 Å². The summed E-state index contributed by atoms with van der Waals surface area (Å²) in [5, 5.41) is 12.8. The highest BCUT2D eigenvalue weighted by atomic mass is 16.4. The van der Waals surface area contributed by atoms with E-state index in [0.29, 0.717) is 11.6 Å². The lowest BCUT2D eigenvalue weighted by atomic mass is 9.83. The number of carboxylic acid groups (broad SMARTS) is 1. The van der Waals surface area contributed by atoms with E-state index in [1.165, 1.54) is 25.0 Å². The number of carboxylic acids is 1. The molecular formula is C10H14N2O2. The van der Waals surface area contributed by atoms with Gasteiger partial charge in [0.25, 0.3) is 0 Å². The Morgan fingerprint density at radius 1 is 1.71 bits per heavy atom. The Hall–Kier alpha value is -1.32. The highest BCUT2D eigenvalue weighted by Crippen LogP contribution is 2.36. The molecule has 1 aromatic heterocycles. The molecule has 76 valence electrons. The van der Waals surface area contributed by atoms with E-state index in [4.69, 9.17) is 5.11 Å². The Balaban J connectivity index is 2.16. The summed E-state index contributed by atoms with van der Waals surface area (Å²) in [7, 11) is 1.89. The summed E-state index contributed by atoms with van der Waals surface area (Å²) in [5.41, 5.74) is 1.86. The molecule has 1 aliphatic carbocycles. The fraction of sp³-hybridized carbons (Fsp3) is 0.600. The van der Waals surface area contributed by atoms with Crippen LogP contribution in [0.4, 0.5) is 0 Å². The SMILES string of the molecule is Cn1nc(CC(=O)O)cc1C1CCC1.